The van der Waals surface area contributed by atoms with Crippen LogP contribution in [0.15, 0.2) is 6.07 Å². The Labute approximate surface area is 93.6 Å². The van der Waals surface area contributed by atoms with E-state index in [0.717, 1.165) is 5.69 Å². The second-order valence-electron chi connectivity index (χ2n) is 2.88. The molecule has 0 aliphatic rings. The molecule has 6 heteroatoms. The van der Waals surface area contributed by atoms with Gasteiger partial charge in [-0.3, -0.25) is 0 Å². The highest BCUT2D eigenvalue weighted by Crippen LogP contribution is 2.06. The lowest BCUT2D eigenvalue weighted by molar-refractivity contribution is 0.140. The maximum atomic E-state index is 5.47. The molecule has 1 aromatic rings. The van der Waals surface area contributed by atoms with Crippen molar-refractivity contribution in [1.82, 2.24) is 9.97 Å². The van der Waals surface area contributed by atoms with Crippen molar-refractivity contribution in [3.05, 3.63) is 17.5 Å². The van der Waals surface area contributed by atoms with Crippen molar-refractivity contribution in [3.63, 3.8) is 0 Å². The molecule has 15 heavy (non-hydrogen) atoms. The number of thiocarbonyl (C=S) groups is 1. The molecule has 0 atom stereocenters. The molecule has 2 N–H and O–H groups in total. The molecular formula is C9H13N3O2S. The molecule has 0 fully saturated rings. The number of aryl methyl sites for hydroxylation is 1. The van der Waals surface area contributed by atoms with E-state index in [1.807, 2.05) is 6.92 Å². The zero-order valence-electron chi connectivity index (χ0n) is 8.69. The number of nitrogens with zero attached hydrogens (tertiary/aromatic N) is 2. The molecule has 0 radical (unpaired) electrons. The second kappa shape index (κ2) is 5.57. The van der Waals surface area contributed by atoms with Crippen LogP contribution in [-0.2, 0) is 4.74 Å². The highest BCUT2D eigenvalue weighted by Gasteiger charge is 2.04. The Morgan fingerprint density at radius 2 is 2.20 bits per heavy atom. The van der Waals surface area contributed by atoms with Crippen LogP contribution >= 0.6 is 12.2 Å². The van der Waals surface area contributed by atoms with Crippen LogP contribution in [0.25, 0.3) is 0 Å². The first-order valence-electron chi connectivity index (χ1n) is 4.40. The van der Waals surface area contributed by atoms with Gasteiger partial charge < -0.3 is 15.2 Å². The molecule has 5 nitrogen and oxygen atoms in total. The average Bonchev–Trinajstić information content (AvgIpc) is 2.17. The minimum absolute atomic E-state index is 0.233. The summed E-state index contributed by atoms with van der Waals surface area (Å²) in [5.41, 5.74) is 6.75. The van der Waals surface area contributed by atoms with E-state index in [-0.39, 0.29) is 11.0 Å². The largest absolute Gasteiger partial charge is 0.461 e. The molecule has 82 valence electrons. The first-order valence-corrected chi connectivity index (χ1v) is 4.81. The Kier molecular flexibility index (Phi) is 4.38. The minimum Gasteiger partial charge on any atom is -0.461 e. The molecule has 0 amide bonds. The van der Waals surface area contributed by atoms with E-state index in [1.165, 1.54) is 0 Å². The van der Waals surface area contributed by atoms with Crippen molar-refractivity contribution < 1.29 is 9.47 Å². The minimum atomic E-state index is 0.233. The zero-order chi connectivity index (χ0) is 11.3. The average molecular weight is 227 g/mol. The molecule has 0 aliphatic heterocycles. The number of hydrogen-bond acceptors (Lipinski definition) is 5. The maximum absolute atomic E-state index is 5.47. The fraction of sp³-hybridized carbons (Fsp3) is 0.444. The standard InChI is InChI=1S/C9H13N3O2S/c1-6-5-7(8(10)15)12-9(11-6)14-4-3-13-2/h5H,3-4H2,1-2H3,(H2,10,15). The summed E-state index contributed by atoms with van der Waals surface area (Å²) in [5, 5.41) is 0. The third-order valence-electron chi connectivity index (χ3n) is 1.60. The molecule has 1 rings (SSSR count). The van der Waals surface area contributed by atoms with Gasteiger partial charge in [-0.1, -0.05) is 12.2 Å². The third kappa shape index (κ3) is 3.77. The van der Waals surface area contributed by atoms with Crippen molar-refractivity contribution in [3.8, 4) is 6.01 Å². The van der Waals surface area contributed by atoms with Crippen LogP contribution < -0.4 is 10.5 Å². The van der Waals surface area contributed by atoms with Crippen LogP contribution in [0.1, 0.15) is 11.4 Å². The monoisotopic (exact) mass is 227 g/mol. The van der Waals surface area contributed by atoms with Crippen molar-refractivity contribution in [2.75, 3.05) is 20.3 Å². The number of methoxy groups -OCH3 is 1. The van der Waals surface area contributed by atoms with E-state index >= 15 is 0 Å². The van der Waals surface area contributed by atoms with Gasteiger partial charge in [0.2, 0.25) is 0 Å². The van der Waals surface area contributed by atoms with Crippen molar-refractivity contribution in [2.24, 2.45) is 5.73 Å². The Hall–Kier alpha value is -1.27. The number of rotatable bonds is 5. The van der Waals surface area contributed by atoms with Gasteiger partial charge in [0.15, 0.2) is 0 Å². The molecule has 0 saturated heterocycles. The second-order valence-corrected chi connectivity index (χ2v) is 3.32. The van der Waals surface area contributed by atoms with Crippen LogP contribution in [-0.4, -0.2) is 35.3 Å². The van der Waals surface area contributed by atoms with Gasteiger partial charge in [0.25, 0.3) is 0 Å². The fourth-order valence-electron chi connectivity index (χ4n) is 0.948. The van der Waals surface area contributed by atoms with Crippen LogP contribution in [0.5, 0.6) is 6.01 Å². The fourth-order valence-corrected chi connectivity index (χ4v) is 1.05. The number of aromatic nitrogens is 2. The van der Waals surface area contributed by atoms with Crippen LogP contribution in [0.2, 0.25) is 0 Å². The van der Waals surface area contributed by atoms with Crippen LogP contribution in [0, 0.1) is 6.92 Å². The zero-order valence-corrected chi connectivity index (χ0v) is 9.50. The Balaban J connectivity index is 2.75. The van der Waals surface area contributed by atoms with E-state index in [2.05, 4.69) is 9.97 Å². The van der Waals surface area contributed by atoms with E-state index in [0.29, 0.717) is 18.9 Å². The Morgan fingerprint density at radius 1 is 1.47 bits per heavy atom. The number of hydrogen-bond donors (Lipinski definition) is 1. The van der Waals surface area contributed by atoms with Gasteiger partial charge in [0.05, 0.1) is 6.61 Å². The first-order chi connectivity index (χ1) is 7.13. The predicted octanol–water partition coefficient (Wildman–Crippen LogP) is 0.444. The lowest BCUT2D eigenvalue weighted by atomic mass is 10.3. The maximum Gasteiger partial charge on any atom is 0.317 e. The van der Waals surface area contributed by atoms with E-state index < -0.39 is 0 Å². The Morgan fingerprint density at radius 3 is 2.80 bits per heavy atom. The molecule has 0 saturated carbocycles. The molecule has 1 aromatic heterocycles. The number of ether oxygens (including phenoxy) is 2. The molecule has 0 spiro atoms. The summed E-state index contributed by atoms with van der Waals surface area (Å²) >= 11 is 4.82. The summed E-state index contributed by atoms with van der Waals surface area (Å²) < 4.78 is 10.1. The quantitative estimate of drug-likeness (QED) is 0.581. The van der Waals surface area contributed by atoms with Crippen molar-refractivity contribution in [2.45, 2.75) is 6.92 Å². The predicted molar refractivity (Wildman–Crippen MR) is 60.0 cm³/mol. The summed E-state index contributed by atoms with van der Waals surface area (Å²) in [6.07, 6.45) is 0. The summed E-state index contributed by atoms with van der Waals surface area (Å²) in [5.74, 6) is 0. The summed E-state index contributed by atoms with van der Waals surface area (Å²) in [6, 6.07) is 1.99. The van der Waals surface area contributed by atoms with E-state index in [4.69, 9.17) is 27.4 Å². The molecule has 0 aromatic carbocycles. The molecular weight excluding hydrogens is 214 g/mol. The normalized spacial score (nSPS) is 10.0. The molecule has 1 heterocycles. The number of nitrogens with two attached hydrogens (primary N) is 1. The molecule has 0 bridgehead atoms. The molecule has 0 unspecified atom stereocenters. The van der Waals surface area contributed by atoms with Gasteiger partial charge in [-0.05, 0) is 13.0 Å². The van der Waals surface area contributed by atoms with Crippen LogP contribution in [0.4, 0.5) is 0 Å². The van der Waals surface area contributed by atoms with Crippen molar-refractivity contribution >= 4 is 17.2 Å². The lowest BCUT2D eigenvalue weighted by Crippen LogP contribution is -2.14. The topological polar surface area (TPSA) is 70.3 Å². The van der Waals surface area contributed by atoms with Crippen molar-refractivity contribution in [1.29, 1.82) is 0 Å². The van der Waals surface area contributed by atoms with Gasteiger partial charge in [-0.15, -0.1) is 0 Å². The molecule has 0 aliphatic carbocycles. The van der Waals surface area contributed by atoms with Gasteiger partial charge in [0, 0.05) is 12.8 Å². The highest BCUT2D eigenvalue weighted by atomic mass is 32.1. The SMILES string of the molecule is COCCOc1nc(C)cc(C(N)=S)n1. The van der Waals surface area contributed by atoms with Gasteiger partial charge in [-0.2, -0.15) is 4.98 Å². The van der Waals surface area contributed by atoms with E-state index in [1.54, 1.807) is 13.2 Å². The summed E-state index contributed by atoms with van der Waals surface area (Å²) in [7, 11) is 1.60. The Bertz CT molecular complexity index is 357. The first kappa shape index (κ1) is 11.8. The lowest BCUT2D eigenvalue weighted by Gasteiger charge is -2.06. The van der Waals surface area contributed by atoms with Gasteiger partial charge >= 0.3 is 6.01 Å². The van der Waals surface area contributed by atoms with E-state index in [9.17, 15) is 0 Å². The van der Waals surface area contributed by atoms with Gasteiger partial charge in [0.1, 0.15) is 17.3 Å². The smallest absolute Gasteiger partial charge is 0.317 e. The van der Waals surface area contributed by atoms with Crippen LogP contribution in [0.3, 0.4) is 0 Å². The summed E-state index contributed by atoms with van der Waals surface area (Å²) in [6.45, 7) is 2.71. The summed E-state index contributed by atoms with van der Waals surface area (Å²) in [4.78, 5) is 8.37. The van der Waals surface area contributed by atoms with Gasteiger partial charge in [-0.25, -0.2) is 4.98 Å². The highest BCUT2D eigenvalue weighted by molar-refractivity contribution is 7.80. The third-order valence-corrected chi connectivity index (χ3v) is 1.81.